The van der Waals surface area contributed by atoms with Crippen LogP contribution in [0, 0.1) is 6.92 Å². The number of nitrogens with zero attached hydrogens (tertiary/aromatic N) is 1. The number of nitrogens with one attached hydrogen (secondary N) is 1. The fourth-order valence-electron chi connectivity index (χ4n) is 2.66. The van der Waals surface area contributed by atoms with E-state index in [1.54, 1.807) is 13.0 Å². The van der Waals surface area contributed by atoms with Gasteiger partial charge in [-0.2, -0.15) is 0 Å². The third-order valence-electron chi connectivity index (χ3n) is 3.87. The van der Waals surface area contributed by atoms with Crippen molar-refractivity contribution >= 4 is 48.9 Å². The van der Waals surface area contributed by atoms with Crippen LogP contribution in [0.15, 0.2) is 64.0 Å². The van der Waals surface area contributed by atoms with E-state index >= 15 is 0 Å². The van der Waals surface area contributed by atoms with Crippen molar-refractivity contribution < 1.29 is 12.9 Å². The van der Waals surface area contributed by atoms with Gasteiger partial charge in [0.15, 0.2) is 0 Å². The molecule has 0 fully saturated rings. The summed E-state index contributed by atoms with van der Waals surface area (Å²) >= 11 is 7.50. The van der Waals surface area contributed by atoms with Gasteiger partial charge >= 0.3 is 0 Å². The Labute approximate surface area is 159 Å². The lowest BCUT2D eigenvalue weighted by Gasteiger charge is -2.08. The topological polar surface area (TPSA) is 72.2 Å². The Morgan fingerprint density at radius 3 is 2.46 bits per heavy atom. The van der Waals surface area contributed by atoms with Gasteiger partial charge in [-0.1, -0.05) is 65.3 Å². The van der Waals surface area contributed by atoms with Crippen LogP contribution in [0.5, 0.6) is 0 Å². The van der Waals surface area contributed by atoms with Crippen molar-refractivity contribution in [3.05, 3.63) is 65.3 Å². The summed E-state index contributed by atoms with van der Waals surface area (Å²) in [6, 6.07) is 16.8. The largest absolute Gasteiger partial charge is 0.336 e. The SMILES string of the molecule is Cc1noc(NS(=O)(=O)c2c(-c3ccccc3)sc3ccccc23)c1Cl. The lowest BCUT2D eigenvalue weighted by atomic mass is 10.1. The fraction of sp³-hybridized carbons (Fsp3) is 0.0556. The smallest absolute Gasteiger partial charge is 0.266 e. The average molecular weight is 405 g/mol. The minimum absolute atomic E-state index is 0.0848. The van der Waals surface area contributed by atoms with Crippen LogP contribution in [0.4, 0.5) is 5.88 Å². The van der Waals surface area contributed by atoms with Gasteiger partial charge < -0.3 is 4.52 Å². The summed E-state index contributed by atoms with van der Waals surface area (Å²) in [6.07, 6.45) is 0. The summed E-state index contributed by atoms with van der Waals surface area (Å²) in [5.41, 5.74) is 1.25. The number of hydrogen-bond acceptors (Lipinski definition) is 5. The van der Waals surface area contributed by atoms with E-state index in [9.17, 15) is 8.42 Å². The lowest BCUT2D eigenvalue weighted by molar-refractivity contribution is 0.430. The van der Waals surface area contributed by atoms with E-state index < -0.39 is 10.0 Å². The van der Waals surface area contributed by atoms with E-state index in [0.717, 1.165) is 10.3 Å². The zero-order chi connectivity index (χ0) is 18.3. The number of aryl methyl sites for hydroxylation is 1. The molecule has 4 rings (SSSR count). The van der Waals surface area contributed by atoms with E-state index in [4.69, 9.17) is 16.1 Å². The number of rotatable bonds is 4. The molecule has 2 heterocycles. The van der Waals surface area contributed by atoms with Crippen LogP contribution < -0.4 is 4.72 Å². The van der Waals surface area contributed by atoms with Crippen LogP contribution in [0.3, 0.4) is 0 Å². The van der Waals surface area contributed by atoms with Crippen molar-refractivity contribution in [1.29, 1.82) is 0 Å². The first-order chi connectivity index (χ1) is 12.5. The van der Waals surface area contributed by atoms with E-state index in [2.05, 4.69) is 9.88 Å². The van der Waals surface area contributed by atoms with E-state index in [1.165, 1.54) is 11.3 Å². The molecule has 4 aromatic rings. The highest BCUT2D eigenvalue weighted by Crippen LogP contribution is 2.42. The average Bonchev–Trinajstić information content (AvgIpc) is 3.18. The zero-order valence-corrected chi connectivity index (χ0v) is 16.0. The highest BCUT2D eigenvalue weighted by atomic mass is 35.5. The summed E-state index contributed by atoms with van der Waals surface area (Å²) in [5.74, 6) is -0.0848. The predicted octanol–water partition coefficient (Wildman–Crippen LogP) is 5.32. The van der Waals surface area contributed by atoms with Crippen molar-refractivity contribution in [2.75, 3.05) is 4.72 Å². The molecule has 0 amide bonds. The van der Waals surface area contributed by atoms with Gasteiger partial charge in [0, 0.05) is 10.1 Å². The van der Waals surface area contributed by atoms with Gasteiger partial charge in [-0.3, -0.25) is 0 Å². The summed E-state index contributed by atoms with van der Waals surface area (Å²) in [6.45, 7) is 1.64. The van der Waals surface area contributed by atoms with Crippen LogP contribution >= 0.6 is 22.9 Å². The maximum atomic E-state index is 13.2. The van der Waals surface area contributed by atoms with Crippen LogP contribution in [-0.2, 0) is 10.0 Å². The predicted molar refractivity (Wildman–Crippen MR) is 104 cm³/mol. The summed E-state index contributed by atoms with van der Waals surface area (Å²) in [5, 5.41) is 4.49. The van der Waals surface area contributed by atoms with Gasteiger partial charge in [0.2, 0.25) is 0 Å². The first kappa shape index (κ1) is 17.1. The number of fused-ring (bicyclic) bond motifs is 1. The van der Waals surface area contributed by atoms with Crippen molar-refractivity contribution in [3.63, 3.8) is 0 Å². The third-order valence-corrected chi connectivity index (χ3v) is 7.08. The molecule has 0 radical (unpaired) electrons. The highest BCUT2D eigenvalue weighted by molar-refractivity contribution is 7.93. The molecule has 8 heteroatoms. The van der Waals surface area contributed by atoms with E-state index in [-0.39, 0.29) is 15.8 Å². The zero-order valence-electron chi connectivity index (χ0n) is 13.6. The van der Waals surface area contributed by atoms with Crippen LogP contribution in [0.2, 0.25) is 5.02 Å². The normalized spacial score (nSPS) is 11.8. The second kappa shape index (κ2) is 6.42. The van der Waals surface area contributed by atoms with Gasteiger partial charge in [-0.05, 0) is 18.6 Å². The molecule has 0 spiro atoms. The van der Waals surface area contributed by atoms with Gasteiger partial charge in [0.25, 0.3) is 15.9 Å². The lowest BCUT2D eigenvalue weighted by Crippen LogP contribution is -2.13. The Kier molecular flexibility index (Phi) is 4.22. The van der Waals surface area contributed by atoms with Crippen molar-refractivity contribution in [2.45, 2.75) is 11.8 Å². The second-order valence-corrected chi connectivity index (χ2v) is 8.69. The molecule has 0 aliphatic heterocycles. The highest BCUT2D eigenvalue weighted by Gasteiger charge is 2.27. The molecular weight excluding hydrogens is 392 g/mol. The molecular formula is C18H13ClN2O3S2. The number of benzene rings is 2. The molecule has 0 bridgehead atoms. The van der Waals surface area contributed by atoms with Gasteiger partial charge in [-0.15, -0.1) is 11.3 Å². The van der Waals surface area contributed by atoms with Crippen LogP contribution in [0.25, 0.3) is 20.5 Å². The molecule has 0 aliphatic rings. The molecule has 26 heavy (non-hydrogen) atoms. The molecule has 132 valence electrons. The summed E-state index contributed by atoms with van der Waals surface area (Å²) < 4.78 is 34.7. The molecule has 1 N–H and O–H groups in total. The number of halogens is 1. The minimum Gasteiger partial charge on any atom is -0.336 e. The quantitative estimate of drug-likeness (QED) is 0.499. The summed E-state index contributed by atoms with van der Waals surface area (Å²) in [4.78, 5) is 0.862. The molecule has 0 saturated heterocycles. The molecule has 0 aliphatic carbocycles. The van der Waals surface area contributed by atoms with Crippen LogP contribution in [0.1, 0.15) is 5.69 Å². The number of aromatic nitrogens is 1. The van der Waals surface area contributed by atoms with Crippen molar-refractivity contribution in [2.24, 2.45) is 0 Å². The molecule has 5 nitrogen and oxygen atoms in total. The van der Waals surface area contributed by atoms with E-state index in [1.807, 2.05) is 48.5 Å². The van der Waals surface area contributed by atoms with Crippen molar-refractivity contribution in [1.82, 2.24) is 5.16 Å². The molecule has 0 atom stereocenters. The monoisotopic (exact) mass is 404 g/mol. The number of thiophene rings is 1. The van der Waals surface area contributed by atoms with Gasteiger partial charge in [-0.25, -0.2) is 13.1 Å². The number of hydrogen-bond donors (Lipinski definition) is 1. The second-order valence-electron chi connectivity index (χ2n) is 5.64. The Bertz CT molecular complexity index is 1200. The van der Waals surface area contributed by atoms with Crippen LogP contribution in [-0.4, -0.2) is 13.6 Å². The third kappa shape index (κ3) is 2.88. The fourth-order valence-corrected chi connectivity index (χ4v) is 5.77. The Morgan fingerprint density at radius 2 is 1.77 bits per heavy atom. The van der Waals surface area contributed by atoms with Gasteiger partial charge in [0.05, 0.1) is 4.88 Å². The van der Waals surface area contributed by atoms with E-state index in [0.29, 0.717) is 16.0 Å². The maximum Gasteiger partial charge on any atom is 0.266 e. The Balaban J connectivity index is 1.93. The maximum absolute atomic E-state index is 13.2. The standard InChI is InChI=1S/C18H13ClN2O3S2/c1-11-15(19)18(24-20-11)21-26(22,23)17-13-9-5-6-10-14(13)25-16(17)12-7-3-2-4-8-12/h2-10,21H,1H3. The Hall–Kier alpha value is -2.35. The molecule has 0 unspecified atom stereocenters. The number of anilines is 1. The number of sulfonamides is 1. The minimum atomic E-state index is -3.94. The van der Waals surface area contributed by atoms with Gasteiger partial charge in [0.1, 0.15) is 15.6 Å². The van der Waals surface area contributed by atoms with Crippen molar-refractivity contribution in [3.8, 4) is 10.4 Å². The molecule has 0 saturated carbocycles. The molecule has 2 aromatic heterocycles. The molecule has 2 aromatic carbocycles. The first-order valence-electron chi connectivity index (χ1n) is 7.69. The first-order valence-corrected chi connectivity index (χ1v) is 10.4. The summed E-state index contributed by atoms with van der Waals surface area (Å²) in [7, 11) is -3.94. The Morgan fingerprint density at radius 1 is 1.08 bits per heavy atom.